The van der Waals surface area contributed by atoms with Crippen molar-refractivity contribution in [1.82, 2.24) is 10.2 Å². The molecular formula is C21H22N2O4. The number of hydrogen-bond donors (Lipinski definition) is 2. The average molecular weight is 366 g/mol. The fourth-order valence-electron chi connectivity index (χ4n) is 4.22. The molecule has 1 saturated heterocycles. The summed E-state index contributed by atoms with van der Waals surface area (Å²) in [5.74, 6) is -0.229. The Balaban J connectivity index is 1.57. The second-order valence-electron chi connectivity index (χ2n) is 7.29. The van der Waals surface area contributed by atoms with Crippen LogP contribution in [0.4, 0.5) is 0 Å². The van der Waals surface area contributed by atoms with Crippen LogP contribution >= 0.6 is 0 Å². The number of carbonyl (C=O) groups is 2. The van der Waals surface area contributed by atoms with Gasteiger partial charge in [-0.1, -0.05) is 30.3 Å². The maximum absolute atomic E-state index is 12.2. The average Bonchev–Trinajstić information content (AvgIpc) is 3.08. The van der Waals surface area contributed by atoms with Gasteiger partial charge in [0.25, 0.3) is 5.91 Å². The maximum atomic E-state index is 12.2. The molecule has 1 amide bonds. The quantitative estimate of drug-likeness (QED) is 0.866. The number of carboxylic acid groups (broad SMARTS) is 1. The number of rotatable bonds is 4. The molecule has 2 aliphatic rings. The monoisotopic (exact) mass is 366 g/mol. The van der Waals surface area contributed by atoms with Gasteiger partial charge in [0.2, 0.25) is 0 Å². The Morgan fingerprint density at radius 1 is 1.22 bits per heavy atom. The van der Waals surface area contributed by atoms with Gasteiger partial charge in [0, 0.05) is 38.2 Å². The van der Waals surface area contributed by atoms with Crippen molar-refractivity contribution < 1.29 is 19.4 Å². The third kappa shape index (κ3) is 2.96. The van der Waals surface area contributed by atoms with E-state index in [2.05, 4.69) is 10.2 Å². The van der Waals surface area contributed by atoms with E-state index in [4.69, 9.17) is 4.74 Å². The minimum Gasteiger partial charge on any atom is -0.492 e. The lowest BCUT2D eigenvalue weighted by Gasteiger charge is -2.35. The molecule has 0 saturated carbocycles. The van der Waals surface area contributed by atoms with E-state index in [0.29, 0.717) is 25.2 Å². The highest BCUT2D eigenvalue weighted by molar-refractivity contribution is 5.93. The summed E-state index contributed by atoms with van der Waals surface area (Å²) in [6.45, 7) is 1.94. The first-order valence-electron chi connectivity index (χ1n) is 9.02. The van der Waals surface area contributed by atoms with Crippen molar-refractivity contribution in [2.24, 2.45) is 5.41 Å². The van der Waals surface area contributed by atoms with Gasteiger partial charge in [0.1, 0.15) is 17.8 Å². The van der Waals surface area contributed by atoms with E-state index in [1.807, 2.05) is 36.4 Å². The van der Waals surface area contributed by atoms with Crippen LogP contribution in [0.3, 0.4) is 0 Å². The summed E-state index contributed by atoms with van der Waals surface area (Å²) in [5, 5.41) is 12.6. The first-order valence-corrected chi connectivity index (χ1v) is 9.02. The van der Waals surface area contributed by atoms with Gasteiger partial charge < -0.3 is 15.2 Å². The van der Waals surface area contributed by atoms with Crippen LogP contribution in [0.1, 0.15) is 27.4 Å². The van der Waals surface area contributed by atoms with Crippen molar-refractivity contribution in [2.45, 2.75) is 12.5 Å². The molecule has 2 aromatic carbocycles. The summed E-state index contributed by atoms with van der Waals surface area (Å²) in [5.41, 5.74) is 1.72. The fraction of sp³-hybridized carbons (Fsp3) is 0.333. The number of amides is 1. The van der Waals surface area contributed by atoms with Crippen LogP contribution in [-0.4, -0.2) is 48.6 Å². The summed E-state index contributed by atoms with van der Waals surface area (Å²) >= 11 is 0. The van der Waals surface area contributed by atoms with Crippen LogP contribution in [0.5, 0.6) is 5.75 Å². The number of carboxylic acids is 1. The lowest BCUT2D eigenvalue weighted by molar-refractivity contribution is -0.151. The molecule has 2 aromatic rings. The van der Waals surface area contributed by atoms with Crippen molar-refractivity contribution >= 4 is 11.9 Å². The number of likely N-dealkylation sites (tertiary alicyclic amines) is 1. The number of nitrogens with zero attached hydrogens (tertiary/aromatic N) is 1. The number of aliphatic carboxylic acids is 1. The molecule has 0 aromatic heterocycles. The molecule has 0 radical (unpaired) electrons. The Morgan fingerprint density at radius 2 is 1.96 bits per heavy atom. The first-order chi connectivity index (χ1) is 13.0. The highest BCUT2D eigenvalue weighted by atomic mass is 16.5. The van der Waals surface area contributed by atoms with Crippen molar-refractivity contribution in [3.8, 4) is 5.75 Å². The molecule has 6 nitrogen and oxygen atoms in total. The van der Waals surface area contributed by atoms with Crippen LogP contribution < -0.4 is 10.1 Å². The van der Waals surface area contributed by atoms with Gasteiger partial charge in [-0.15, -0.1) is 0 Å². The van der Waals surface area contributed by atoms with E-state index in [1.165, 1.54) is 0 Å². The van der Waals surface area contributed by atoms with E-state index in [1.54, 1.807) is 19.2 Å². The van der Waals surface area contributed by atoms with E-state index in [9.17, 15) is 14.7 Å². The van der Waals surface area contributed by atoms with E-state index < -0.39 is 11.4 Å². The minimum atomic E-state index is -0.920. The van der Waals surface area contributed by atoms with Gasteiger partial charge in [-0.05, 0) is 29.3 Å². The van der Waals surface area contributed by atoms with Gasteiger partial charge in [-0.25, -0.2) is 0 Å². The summed E-state index contributed by atoms with van der Waals surface area (Å²) in [6.07, 6.45) is 0. The number of para-hydroxylation sites is 1. The normalized spacial score (nSPS) is 23.8. The molecule has 1 fully saturated rings. The number of fused-ring (bicyclic) bond motifs is 3. The van der Waals surface area contributed by atoms with Crippen molar-refractivity contribution in [3.05, 3.63) is 65.2 Å². The molecule has 4 rings (SSSR count). The predicted molar refractivity (Wildman–Crippen MR) is 99.9 cm³/mol. The maximum Gasteiger partial charge on any atom is 0.315 e. The van der Waals surface area contributed by atoms with Crippen LogP contribution in [0.15, 0.2) is 48.5 Å². The molecule has 0 bridgehead atoms. The number of carbonyl (C=O) groups excluding carboxylic acids is 1. The van der Waals surface area contributed by atoms with Gasteiger partial charge in [-0.2, -0.15) is 0 Å². The SMILES string of the molecule is CNC(=O)c1ccc(CN2C[C@@H]3c4ccccc4OC[C@]3(C(=O)O)C2)cc1. The van der Waals surface area contributed by atoms with Crippen LogP contribution in [-0.2, 0) is 11.3 Å². The predicted octanol–water partition coefficient (Wildman–Crippen LogP) is 2.11. The molecule has 0 spiro atoms. The Labute approximate surface area is 157 Å². The third-order valence-electron chi connectivity index (χ3n) is 5.67. The summed E-state index contributed by atoms with van der Waals surface area (Å²) in [6, 6.07) is 15.1. The molecule has 2 N–H and O–H groups in total. The number of benzene rings is 2. The Bertz CT molecular complexity index is 880. The van der Waals surface area contributed by atoms with Crippen LogP contribution in [0.2, 0.25) is 0 Å². The molecule has 0 unspecified atom stereocenters. The number of nitrogens with one attached hydrogen (secondary N) is 1. The second-order valence-corrected chi connectivity index (χ2v) is 7.29. The third-order valence-corrected chi connectivity index (χ3v) is 5.67. The summed E-state index contributed by atoms with van der Waals surface area (Å²) in [4.78, 5) is 26.0. The summed E-state index contributed by atoms with van der Waals surface area (Å²) in [7, 11) is 1.60. The highest BCUT2D eigenvalue weighted by Crippen LogP contribution is 2.49. The van der Waals surface area contributed by atoms with Crippen LogP contribution in [0.25, 0.3) is 0 Å². The molecule has 0 aliphatic carbocycles. The molecule has 2 atom stereocenters. The smallest absolute Gasteiger partial charge is 0.315 e. The summed E-state index contributed by atoms with van der Waals surface area (Å²) < 4.78 is 5.80. The molecule has 27 heavy (non-hydrogen) atoms. The molecular weight excluding hydrogens is 344 g/mol. The van der Waals surface area contributed by atoms with Crippen LogP contribution in [0, 0.1) is 5.41 Å². The number of hydrogen-bond acceptors (Lipinski definition) is 4. The molecule has 2 heterocycles. The Kier molecular flexibility index (Phi) is 4.36. The number of ether oxygens (including phenoxy) is 1. The first kappa shape index (κ1) is 17.5. The zero-order valence-corrected chi connectivity index (χ0v) is 15.1. The molecule has 2 aliphatic heterocycles. The van der Waals surface area contributed by atoms with Gasteiger partial charge in [0.05, 0.1) is 0 Å². The Hall–Kier alpha value is -2.86. The molecule has 140 valence electrons. The standard InChI is InChI=1S/C21H22N2O4/c1-22-19(24)15-8-6-14(7-9-15)10-23-11-17-16-4-2-3-5-18(16)27-13-21(17,12-23)20(25)26/h2-9,17H,10-13H2,1H3,(H,22,24)(H,25,26)/t17-,21-/m1/s1. The van der Waals surface area contributed by atoms with E-state index >= 15 is 0 Å². The van der Waals surface area contributed by atoms with Crippen molar-refractivity contribution in [1.29, 1.82) is 0 Å². The van der Waals surface area contributed by atoms with E-state index in [0.717, 1.165) is 16.9 Å². The zero-order chi connectivity index (χ0) is 19.0. The lowest BCUT2D eigenvalue weighted by atomic mass is 9.73. The van der Waals surface area contributed by atoms with Crippen molar-refractivity contribution in [2.75, 3.05) is 26.7 Å². The van der Waals surface area contributed by atoms with Crippen molar-refractivity contribution in [3.63, 3.8) is 0 Å². The van der Waals surface area contributed by atoms with Gasteiger partial charge in [0.15, 0.2) is 0 Å². The van der Waals surface area contributed by atoms with Gasteiger partial charge >= 0.3 is 5.97 Å². The van der Waals surface area contributed by atoms with Gasteiger partial charge in [-0.3, -0.25) is 14.5 Å². The highest BCUT2D eigenvalue weighted by Gasteiger charge is 2.56. The second kappa shape index (κ2) is 6.70. The minimum absolute atomic E-state index is 0.0925. The zero-order valence-electron chi connectivity index (χ0n) is 15.1. The molecule has 6 heteroatoms. The Morgan fingerprint density at radius 3 is 2.67 bits per heavy atom. The lowest BCUT2D eigenvalue weighted by Crippen LogP contribution is -2.45. The van der Waals surface area contributed by atoms with E-state index in [-0.39, 0.29) is 18.4 Å². The fourth-order valence-corrected chi connectivity index (χ4v) is 4.22. The topological polar surface area (TPSA) is 78.9 Å². The largest absolute Gasteiger partial charge is 0.492 e.